The first kappa shape index (κ1) is 55.9. The highest BCUT2D eigenvalue weighted by atomic mass is 16.6. The number of amides is 4. The lowest BCUT2D eigenvalue weighted by atomic mass is 10.1. The van der Waals surface area contributed by atoms with Gasteiger partial charge in [-0.15, -0.1) is 16.8 Å². The van der Waals surface area contributed by atoms with Gasteiger partial charge in [0.2, 0.25) is 23.0 Å². The van der Waals surface area contributed by atoms with Crippen molar-refractivity contribution in [2.24, 2.45) is 11.5 Å². The predicted octanol–water partition coefficient (Wildman–Crippen LogP) is 7.58. The van der Waals surface area contributed by atoms with Crippen molar-refractivity contribution in [2.75, 3.05) is 49.1 Å². The number of anilines is 2. The summed E-state index contributed by atoms with van der Waals surface area (Å²) in [4.78, 5) is 90.1. The van der Waals surface area contributed by atoms with Crippen molar-refractivity contribution in [2.45, 2.75) is 64.8 Å². The number of hydrogen-bond acceptors (Lipinski definition) is 17. The number of hydrogen-bond donors (Lipinski definition) is 2. The molecule has 0 saturated carbocycles. The molecule has 0 spiro atoms. The van der Waals surface area contributed by atoms with Crippen molar-refractivity contribution in [3.05, 3.63) is 153 Å². The second kappa shape index (κ2) is 23.4. The van der Waals surface area contributed by atoms with Gasteiger partial charge in [-0.3, -0.25) is 29.8 Å². The zero-order valence-electron chi connectivity index (χ0n) is 43.6. The number of carbonyl (C=O) groups excluding carboxylic acids is 5. The van der Waals surface area contributed by atoms with E-state index in [1.165, 1.54) is 14.7 Å². The van der Waals surface area contributed by atoms with Crippen LogP contribution in [0, 0.1) is 20.2 Å². The fourth-order valence-corrected chi connectivity index (χ4v) is 8.19. The van der Waals surface area contributed by atoms with E-state index in [0.29, 0.717) is 40.7 Å². The number of nitrogens with two attached hydrogens (primary N) is 2. The average Bonchev–Trinajstić information content (AvgIpc) is 3.99. The van der Waals surface area contributed by atoms with Crippen LogP contribution in [0.5, 0.6) is 23.0 Å². The van der Waals surface area contributed by atoms with Gasteiger partial charge in [0.25, 0.3) is 11.8 Å². The van der Waals surface area contributed by atoms with Crippen LogP contribution in [0.4, 0.5) is 32.6 Å². The molecule has 2 aliphatic rings. The van der Waals surface area contributed by atoms with Crippen molar-refractivity contribution >= 4 is 53.3 Å². The van der Waals surface area contributed by atoms with Crippen LogP contribution in [-0.4, -0.2) is 132 Å². The summed E-state index contributed by atoms with van der Waals surface area (Å²) in [5.41, 5.74) is 8.54. The smallest absolute Gasteiger partial charge is 0.410 e. The first-order chi connectivity index (χ1) is 37.0. The number of likely N-dealkylation sites (tertiary alicyclic amines) is 2. The summed E-state index contributed by atoms with van der Waals surface area (Å²) in [5.74, 6) is -0.0602. The van der Waals surface area contributed by atoms with Crippen molar-refractivity contribution < 1.29 is 52.8 Å². The standard InChI is InChI=1S/C27H30N6O6.C26H28N6O7/c1-5-15-31(19-16-30(17-19)26(35)39-27(2,3)4)25-23(33(36)37)22(24(28)34)32(29-25)18-11-13-21(14-12-18)38-20-9-7-6-8-10-20;1-26(2,3)39-25(35)29-15-18(16-29)30(13-14-33)24-22(32(36)37)21(23(27)34)31(28-24)17-9-11-20(12-10-17)38-19-7-5-4-6-8-19/h5-14,19H,1,15-17H2,2-4H3,(H2,28,34);4-12,14,18H,13,15-16H2,1-3H3,(H2,27,34). The van der Waals surface area contributed by atoms with Crippen LogP contribution < -0.4 is 30.7 Å². The molecule has 2 aromatic heterocycles. The van der Waals surface area contributed by atoms with E-state index in [0.717, 1.165) is 9.36 Å². The van der Waals surface area contributed by atoms with Gasteiger partial charge in [0.15, 0.2) is 0 Å². The molecule has 2 fully saturated rings. The van der Waals surface area contributed by atoms with Crippen LogP contribution in [0.2, 0.25) is 0 Å². The Balaban J connectivity index is 0.000000226. The minimum atomic E-state index is -1.07. The molecule has 78 heavy (non-hydrogen) atoms. The monoisotopic (exact) mass is 1070 g/mol. The second-order valence-electron chi connectivity index (χ2n) is 19.8. The van der Waals surface area contributed by atoms with Gasteiger partial charge < -0.3 is 54.8 Å². The lowest BCUT2D eigenvalue weighted by molar-refractivity contribution is -0.384. The third kappa shape index (κ3) is 13.2. The number of aromatic nitrogens is 4. The lowest BCUT2D eigenvalue weighted by Gasteiger charge is -2.44. The first-order valence-corrected chi connectivity index (χ1v) is 24.3. The Morgan fingerprint density at radius 2 is 0.936 bits per heavy atom. The first-order valence-electron chi connectivity index (χ1n) is 24.3. The summed E-state index contributed by atoms with van der Waals surface area (Å²) in [7, 11) is 0. The Kier molecular flexibility index (Phi) is 16.8. The zero-order chi connectivity index (χ0) is 56.6. The molecule has 0 radical (unpaired) electrons. The van der Waals surface area contributed by atoms with Crippen LogP contribution in [-0.2, 0) is 14.3 Å². The third-order valence-corrected chi connectivity index (χ3v) is 11.7. The summed E-state index contributed by atoms with van der Waals surface area (Å²) in [6.07, 6.45) is 1.12. The maximum atomic E-state index is 12.5. The summed E-state index contributed by atoms with van der Waals surface area (Å²) < 4.78 is 24.6. The fraction of sp³-hybridized carbons (Fsp3) is 0.302. The lowest BCUT2D eigenvalue weighted by Crippen LogP contribution is -2.62. The van der Waals surface area contributed by atoms with E-state index in [-0.39, 0.29) is 62.6 Å². The summed E-state index contributed by atoms with van der Waals surface area (Å²) >= 11 is 0. The van der Waals surface area contributed by atoms with Gasteiger partial charge in [0, 0.05) is 32.7 Å². The number of ether oxygens (including phenoxy) is 4. The van der Waals surface area contributed by atoms with Crippen molar-refractivity contribution in [1.82, 2.24) is 29.4 Å². The molecule has 0 atom stereocenters. The van der Waals surface area contributed by atoms with Crippen LogP contribution in [0.3, 0.4) is 0 Å². The minimum Gasteiger partial charge on any atom is -0.457 e. The molecule has 4 amide bonds. The summed E-state index contributed by atoms with van der Waals surface area (Å²) in [5, 5.41) is 33.2. The normalized spacial score (nSPS) is 13.4. The number of para-hydroxylation sites is 2. The molecule has 25 nitrogen and oxygen atoms in total. The van der Waals surface area contributed by atoms with E-state index in [2.05, 4.69) is 16.8 Å². The van der Waals surface area contributed by atoms with Crippen molar-refractivity contribution in [3.63, 3.8) is 0 Å². The Bertz CT molecular complexity index is 2960. The van der Waals surface area contributed by atoms with Gasteiger partial charge in [0.1, 0.15) is 40.5 Å². The zero-order valence-corrected chi connectivity index (χ0v) is 43.6. The molecular formula is C53H58N12O13. The molecule has 2 aliphatic heterocycles. The van der Waals surface area contributed by atoms with E-state index < -0.39 is 68.2 Å². The number of aldehydes is 1. The van der Waals surface area contributed by atoms with Crippen LogP contribution in [0.1, 0.15) is 62.5 Å². The van der Waals surface area contributed by atoms with Crippen LogP contribution in [0.15, 0.2) is 122 Å². The Hall–Kier alpha value is -9.81. The van der Waals surface area contributed by atoms with Crippen LogP contribution in [0.25, 0.3) is 11.4 Å². The highest BCUT2D eigenvalue weighted by Gasteiger charge is 2.44. The molecular weight excluding hydrogens is 1010 g/mol. The average molecular weight is 1070 g/mol. The molecule has 0 aliphatic carbocycles. The van der Waals surface area contributed by atoms with Crippen molar-refractivity contribution in [3.8, 4) is 34.4 Å². The molecule has 4 heterocycles. The number of primary amides is 2. The summed E-state index contributed by atoms with van der Waals surface area (Å²) in [6, 6.07) is 30.4. The third-order valence-electron chi connectivity index (χ3n) is 11.7. The Morgan fingerprint density at radius 3 is 1.23 bits per heavy atom. The Labute approximate surface area is 447 Å². The topological polar surface area (TPSA) is 309 Å². The van der Waals surface area contributed by atoms with E-state index >= 15 is 0 Å². The maximum absolute atomic E-state index is 12.5. The van der Waals surface area contributed by atoms with E-state index in [4.69, 9.17) is 30.4 Å². The quantitative estimate of drug-likeness (QED) is 0.0362. The SMILES string of the molecule is C=CCN(c1nn(-c2ccc(Oc3ccccc3)cc2)c(C(N)=O)c1[N+](=O)[O-])C1CN(C(=O)OC(C)(C)C)C1.CC(C)(C)OC(=O)N1CC(N(CC=O)c2nn(-c3ccc(Oc4ccccc4)cc3)c(C(N)=O)c2[N+](=O)[O-])C1. The Morgan fingerprint density at radius 1 is 0.603 bits per heavy atom. The van der Waals surface area contributed by atoms with E-state index in [9.17, 15) is 44.2 Å². The molecule has 8 rings (SSSR count). The molecule has 0 bridgehead atoms. The molecule has 25 heteroatoms. The highest BCUT2D eigenvalue weighted by Crippen LogP contribution is 2.38. The molecule has 0 unspecified atom stereocenters. The molecule has 4 aromatic carbocycles. The largest absolute Gasteiger partial charge is 0.457 e. The van der Waals surface area contributed by atoms with Gasteiger partial charge in [0.05, 0.1) is 39.8 Å². The molecule has 408 valence electrons. The molecule has 4 N–H and O–H groups in total. The fourth-order valence-electron chi connectivity index (χ4n) is 8.19. The minimum absolute atomic E-state index is 0.0489. The van der Waals surface area contributed by atoms with E-state index in [1.807, 2.05) is 36.4 Å². The molecule has 2 saturated heterocycles. The second-order valence-corrected chi connectivity index (χ2v) is 19.8. The van der Waals surface area contributed by atoms with Gasteiger partial charge in [-0.1, -0.05) is 42.5 Å². The molecule has 6 aromatic rings. The number of nitrogens with zero attached hydrogens (tertiary/aromatic N) is 10. The highest BCUT2D eigenvalue weighted by molar-refractivity contribution is 5.99. The number of rotatable bonds is 18. The van der Waals surface area contributed by atoms with Gasteiger partial charge in [-0.25, -0.2) is 19.0 Å². The summed E-state index contributed by atoms with van der Waals surface area (Å²) in [6.45, 7) is 15.0. The number of carbonyl (C=O) groups is 5. The van der Waals surface area contributed by atoms with E-state index in [1.54, 1.807) is 125 Å². The maximum Gasteiger partial charge on any atom is 0.410 e. The number of nitro groups is 2. The van der Waals surface area contributed by atoms with Gasteiger partial charge in [-0.05, 0) is 114 Å². The number of benzene rings is 4. The van der Waals surface area contributed by atoms with Gasteiger partial charge >= 0.3 is 23.6 Å². The van der Waals surface area contributed by atoms with Gasteiger partial charge in [-0.2, -0.15) is 0 Å². The van der Waals surface area contributed by atoms with Crippen molar-refractivity contribution in [1.29, 1.82) is 0 Å². The predicted molar refractivity (Wildman–Crippen MR) is 285 cm³/mol. The van der Waals surface area contributed by atoms with Crippen LogP contribution >= 0.6 is 0 Å².